The quantitative estimate of drug-likeness (QED) is 0.169. The van der Waals surface area contributed by atoms with E-state index in [0.717, 1.165) is 60.5 Å². The second kappa shape index (κ2) is 13.6. The molecule has 0 fully saturated rings. The molecule has 1 aliphatic carbocycles. The molecule has 2 heterocycles. The zero-order chi connectivity index (χ0) is 39.6. The Balaban J connectivity index is 1.12. The summed E-state index contributed by atoms with van der Waals surface area (Å²) in [6, 6.07) is 75.2. The maximum Gasteiger partial charge on any atom is 0.164 e. The van der Waals surface area contributed by atoms with E-state index in [2.05, 4.69) is 194 Å². The molecule has 9 aromatic carbocycles. The monoisotopic (exact) mass is 765 g/mol. The highest BCUT2D eigenvalue weighted by atomic mass is 16.3. The second-order valence-corrected chi connectivity index (χ2v) is 15.5. The van der Waals surface area contributed by atoms with Crippen LogP contribution in [0.2, 0.25) is 0 Å². The first kappa shape index (κ1) is 34.1. The number of furan rings is 1. The molecule has 2 aromatic heterocycles. The van der Waals surface area contributed by atoms with Gasteiger partial charge in [0.05, 0.1) is 5.41 Å². The van der Waals surface area contributed by atoms with Crippen molar-refractivity contribution >= 4 is 32.7 Å². The first-order valence-electron chi connectivity index (χ1n) is 20.3. The second-order valence-electron chi connectivity index (χ2n) is 15.5. The van der Waals surface area contributed by atoms with Crippen LogP contribution in [0.3, 0.4) is 0 Å². The van der Waals surface area contributed by atoms with Gasteiger partial charge in [-0.3, -0.25) is 0 Å². The summed E-state index contributed by atoms with van der Waals surface area (Å²) in [7, 11) is 0. The Hall–Kier alpha value is -7.95. The molecule has 12 rings (SSSR count). The molecule has 11 aromatic rings. The minimum absolute atomic E-state index is 0.557. The zero-order valence-electron chi connectivity index (χ0n) is 32.5. The maximum absolute atomic E-state index is 6.57. The van der Waals surface area contributed by atoms with Gasteiger partial charge >= 0.3 is 0 Å². The summed E-state index contributed by atoms with van der Waals surface area (Å²) in [5.41, 5.74) is 13.2. The summed E-state index contributed by atoms with van der Waals surface area (Å²) in [5.74, 6) is 1.78. The summed E-state index contributed by atoms with van der Waals surface area (Å²) in [4.78, 5) is 15.9. The van der Waals surface area contributed by atoms with Gasteiger partial charge in [0, 0.05) is 27.5 Å². The number of nitrogens with zero attached hydrogens (tertiary/aromatic N) is 3. The van der Waals surface area contributed by atoms with Crippen molar-refractivity contribution in [3.05, 3.63) is 235 Å². The molecule has 0 bridgehead atoms. The van der Waals surface area contributed by atoms with E-state index < -0.39 is 5.41 Å². The highest BCUT2D eigenvalue weighted by molar-refractivity contribution is 6.13. The third-order valence-electron chi connectivity index (χ3n) is 12.2. The van der Waals surface area contributed by atoms with E-state index in [4.69, 9.17) is 19.4 Å². The third-order valence-corrected chi connectivity index (χ3v) is 12.2. The Kier molecular flexibility index (Phi) is 7.72. The summed E-state index contributed by atoms with van der Waals surface area (Å²) < 4.78 is 6.57. The van der Waals surface area contributed by atoms with Gasteiger partial charge in [0.15, 0.2) is 17.5 Å². The van der Waals surface area contributed by atoms with Crippen LogP contribution in [-0.2, 0) is 5.41 Å². The lowest BCUT2D eigenvalue weighted by Crippen LogP contribution is -2.28. The fourth-order valence-corrected chi connectivity index (χ4v) is 9.50. The van der Waals surface area contributed by atoms with E-state index in [0.29, 0.717) is 17.5 Å². The van der Waals surface area contributed by atoms with Crippen LogP contribution in [-0.4, -0.2) is 15.0 Å². The van der Waals surface area contributed by atoms with E-state index in [9.17, 15) is 0 Å². The van der Waals surface area contributed by atoms with Crippen LogP contribution in [0.15, 0.2) is 217 Å². The number of hydrogen-bond donors (Lipinski definition) is 0. The van der Waals surface area contributed by atoms with Crippen LogP contribution >= 0.6 is 0 Å². The molecule has 0 saturated heterocycles. The molecule has 0 N–H and O–H groups in total. The third kappa shape index (κ3) is 5.28. The van der Waals surface area contributed by atoms with Crippen LogP contribution in [0.1, 0.15) is 22.3 Å². The van der Waals surface area contributed by atoms with Gasteiger partial charge < -0.3 is 4.42 Å². The van der Waals surface area contributed by atoms with E-state index in [1.807, 2.05) is 18.2 Å². The number of para-hydroxylation sites is 1. The van der Waals surface area contributed by atoms with Gasteiger partial charge in [0.1, 0.15) is 11.2 Å². The highest BCUT2D eigenvalue weighted by Crippen LogP contribution is 2.56. The van der Waals surface area contributed by atoms with Crippen molar-refractivity contribution in [1.82, 2.24) is 15.0 Å². The van der Waals surface area contributed by atoms with Crippen molar-refractivity contribution in [2.45, 2.75) is 5.41 Å². The van der Waals surface area contributed by atoms with Gasteiger partial charge in [-0.25, -0.2) is 15.0 Å². The molecule has 0 amide bonds. The Labute approximate surface area is 347 Å². The zero-order valence-corrected chi connectivity index (χ0v) is 32.5. The van der Waals surface area contributed by atoms with E-state index in [-0.39, 0.29) is 0 Å². The van der Waals surface area contributed by atoms with Gasteiger partial charge in [0.25, 0.3) is 0 Å². The summed E-state index contributed by atoms with van der Waals surface area (Å²) in [6.07, 6.45) is 0. The van der Waals surface area contributed by atoms with Crippen LogP contribution in [0.25, 0.3) is 89.1 Å². The van der Waals surface area contributed by atoms with Gasteiger partial charge in [-0.05, 0) is 85.6 Å². The highest BCUT2D eigenvalue weighted by Gasteiger charge is 2.46. The first-order chi connectivity index (χ1) is 29.7. The molecular weight excluding hydrogens is 731 g/mol. The van der Waals surface area contributed by atoms with Crippen LogP contribution in [0.5, 0.6) is 0 Å². The fourth-order valence-electron chi connectivity index (χ4n) is 9.50. The number of benzene rings is 9. The number of aromatic nitrogens is 3. The van der Waals surface area contributed by atoms with Crippen molar-refractivity contribution in [1.29, 1.82) is 0 Å². The predicted molar refractivity (Wildman–Crippen MR) is 244 cm³/mol. The van der Waals surface area contributed by atoms with E-state index in [1.165, 1.54) is 33.4 Å². The average molecular weight is 766 g/mol. The average Bonchev–Trinajstić information content (AvgIpc) is 3.85. The van der Waals surface area contributed by atoms with Crippen LogP contribution in [0.4, 0.5) is 0 Å². The molecule has 60 heavy (non-hydrogen) atoms. The Bertz CT molecular complexity index is 3390. The topological polar surface area (TPSA) is 51.8 Å². The molecule has 4 heteroatoms. The number of rotatable bonds is 6. The van der Waals surface area contributed by atoms with Gasteiger partial charge in [-0.15, -0.1) is 0 Å². The van der Waals surface area contributed by atoms with Gasteiger partial charge in [0.2, 0.25) is 0 Å². The molecule has 0 saturated carbocycles. The smallest absolute Gasteiger partial charge is 0.164 e. The molecular formula is C56H35N3O. The lowest BCUT2D eigenvalue weighted by Gasteiger charge is -2.34. The minimum atomic E-state index is -0.557. The number of hydrogen-bond acceptors (Lipinski definition) is 4. The molecule has 280 valence electrons. The van der Waals surface area contributed by atoms with Crippen molar-refractivity contribution < 1.29 is 4.42 Å². The van der Waals surface area contributed by atoms with Crippen LogP contribution in [0, 0.1) is 0 Å². The first-order valence-corrected chi connectivity index (χ1v) is 20.3. The van der Waals surface area contributed by atoms with Crippen molar-refractivity contribution in [3.8, 4) is 56.4 Å². The molecule has 1 aliphatic rings. The number of fused-ring (bicyclic) bond motifs is 7. The summed E-state index contributed by atoms with van der Waals surface area (Å²) >= 11 is 0. The normalized spacial score (nSPS) is 12.8. The Morgan fingerprint density at radius 3 is 1.65 bits per heavy atom. The SMILES string of the molecule is c1ccc(-c2cc(-c3nc(-c4ccc5c(c4)C(c4ccccc4)(c4ccccc4)c4ccccc4-5)nc(-c4ccc5ccccc5c4)n3)cc3oc4ccccc4c23)cc1. The maximum atomic E-state index is 6.57. The Morgan fingerprint density at radius 1 is 0.333 bits per heavy atom. The molecule has 0 radical (unpaired) electrons. The van der Waals surface area contributed by atoms with Crippen molar-refractivity contribution in [2.24, 2.45) is 0 Å². The van der Waals surface area contributed by atoms with Gasteiger partial charge in [-0.1, -0.05) is 182 Å². The predicted octanol–water partition coefficient (Wildman–Crippen LogP) is 14.0. The summed E-state index contributed by atoms with van der Waals surface area (Å²) in [6.45, 7) is 0. The lowest BCUT2D eigenvalue weighted by atomic mass is 9.67. The fraction of sp³-hybridized carbons (Fsp3) is 0.0179. The molecule has 4 nitrogen and oxygen atoms in total. The van der Waals surface area contributed by atoms with Crippen molar-refractivity contribution in [2.75, 3.05) is 0 Å². The standard InChI is InChI=1S/C56H35N3O/c1-4-17-37(18-5-1)47-33-41(35-51-52(47)46-25-13-15-27-50(46)60-51)55-58-53(39-29-28-36-16-10-11-19-38(36)32-39)57-54(59-55)40-30-31-45-44-24-12-14-26-48(44)56(49(45)34-40,42-20-6-2-7-21-42)43-22-8-3-9-23-43/h1-35H. The van der Waals surface area contributed by atoms with Crippen LogP contribution < -0.4 is 0 Å². The van der Waals surface area contributed by atoms with E-state index in [1.54, 1.807) is 0 Å². The van der Waals surface area contributed by atoms with Crippen molar-refractivity contribution in [3.63, 3.8) is 0 Å². The lowest BCUT2D eigenvalue weighted by molar-refractivity contribution is 0.669. The summed E-state index contributed by atoms with van der Waals surface area (Å²) in [5, 5.41) is 4.43. The molecule has 0 aliphatic heterocycles. The molecule has 0 unspecified atom stereocenters. The molecule has 0 atom stereocenters. The van der Waals surface area contributed by atoms with Gasteiger partial charge in [-0.2, -0.15) is 0 Å². The largest absolute Gasteiger partial charge is 0.456 e. The van der Waals surface area contributed by atoms with E-state index >= 15 is 0 Å². The molecule has 0 spiro atoms. The Morgan fingerprint density at radius 2 is 0.900 bits per heavy atom. The minimum Gasteiger partial charge on any atom is -0.456 e.